The number of alkyl halides is 3. The highest BCUT2D eigenvalue weighted by molar-refractivity contribution is 5.89. The summed E-state index contributed by atoms with van der Waals surface area (Å²) in [7, 11) is 0. The number of fused-ring (bicyclic) bond motifs is 1. The fourth-order valence-corrected chi connectivity index (χ4v) is 2.99. The predicted molar refractivity (Wildman–Crippen MR) is 100 cm³/mol. The molecule has 0 aromatic heterocycles. The maximum absolute atomic E-state index is 12.9. The average Bonchev–Trinajstić information content (AvgIpc) is 2.80. The molecular formula is C20H20F3N3O3. The normalized spacial score (nSPS) is 13.9. The second kappa shape index (κ2) is 8.42. The van der Waals surface area contributed by atoms with E-state index in [0.717, 1.165) is 12.1 Å². The molecule has 1 heterocycles. The van der Waals surface area contributed by atoms with Crippen molar-refractivity contribution >= 4 is 17.6 Å². The Balaban J connectivity index is 1.80. The number of urea groups is 1. The van der Waals surface area contributed by atoms with Gasteiger partial charge >= 0.3 is 12.2 Å². The quantitative estimate of drug-likeness (QED) is 0.811. The number of carbonyl (C=O) groups is 2. The highest BCUT2D eigenvalue weighted by Gasteiger charge is 2.31. The molecule has 0 radical (unpaired) electrons. The van der Waals surface area contributed by atoms with Crippen molar-refractivity contribution < 1.29 is 27.5 Å². The maximum Gasteiger partial charge on any atom is 0.416 e. The van der Waals surface area contributed by atoms with Crippen molar-refractivity contribution in [2.45, 2.75) is 26.2 Å². The number of rotatable bonds is 4. The molecule has 6 nitrogen and oxygen atoms in total. The summed E-state index contributed by atoms with van der Waals surface area (Å²) in [6, 6.07) is 9.51. The number of carbonyl (C=O) groups excluding carboxylic acids is 2. The largest absolute Gasteiger partial charge is 0.483 e. The zero-order valence-electron chi connectivity index (χ0n) is 15.7. The molecule has 0 spiro atoms. The first-order valence-corrected chi connectivity index (χ1v) is 9.00. The Morgan fingerprint density at radius 2 is 2.00 bits per heavy atom. The van der Waals surface area contributed by atoms with Gasteiger partial charge in [0.25, 0.3) is 5.91 Å². The van der Waals surface area contributed by atoms with E-state index < -0.39 is 11.7 Å². The molecule has 154 valence electrons. The van der Waals surface area contributed by atoms with Crippen molar-refractivity contribution in [3.63, 3.8) is 0 Å². The molecule has 29 heavy (non-hydrogen) atoms. The van der Waals surface area contributed by atoms with Gasteiger partial charge in [-0.05, 0) is 42.8 Å². The first-order chi connectivity index (χ1) is 13.8. The number of benzene rings is 2. The minimum Gasteiger partial charge on any atom is -0.483 e. The van der Waals surface area contributed by atoms with E-state index in [1.54, 1.807) is 31.2 Å². The zero-order chi connectivity index (χ0) is 21.0. The lowest BCUT2D eigenvalue weighted by Crippen LogP contribution is -2.32. The van der Waals surface area contributed by atoms with Gasteiger partial charge < -0.3 is 20.3 Å². The molecule has 0 saturated carbocycles. The molecule has 2 aromatic rings. The zero-order valence-corrected chi connectivity index (χ0v) is 15.7. The Morgan fingerprint density at radius 1 is 1.21 bits per heavy atom. The van der Waals surface area contributed by atoms with Gasteiger partial charge in [0.1, 0.15) is 5.75 Å². The summed E-state index contributed by atoms with van der Waals surface area (Å²) in [5.41, 5.74) is 0.777. The Bertz CT molecular complexity index is 915. The molecule has 2 aromatic carbocycles. The van der Waals surface area contributed by atoms with Crippen molar-refractivity contribution in [1.82, 2.24) is 10.2 Å². The molecule has 9 heteroatoms. The van der Waals surface area contributed by atoms with E-state index in [4.69, 9.17) is 4.74 Å². The lowest BCUT2D eigenvalue weighted by Gasteiger charge is -2.21. The Labute approximate surface area is 165 Å². The van der Waals surface area contributed by atoms with Crippen LogP contribution in [0.25, 0.3) is 0 Å². The predicted octanol–water partition coefficient (Wildman–Crippen LogP) is 3.77. The summed E-state index contributed by atoms with van der Waals surface area (Å²) < 4.78 is 44.4. The number of nitrogens with one attached hydrogen (secondary N) is 2. The van der Waals surface area contributed by atoms with Crippen LogP contribution < -0.4 is 15.4 Å². The average molecular weight is 407 g/mol. The lowest BCUT2D eigenvalue weighted by atomic mass is 10.1. The highest BCUT2D eigenvalue weighted by Crippen LogP contribution is 2.31. The van der Waals surface area contributed by atoms with Crippen LogP contribution in [0.3, 0.4) is 0 Å². The van der Waals surface area contributed by atoms with Gasteiger partial charge in [0.05, 0.1) is 5.56 Å². The van der Waals surface area contributed by atoms with E-state index in [1.165, 1.54) is 11.0 Å². The number of amides is 3. The molecule has 0 atom stereocenters. The highest BCUT2D eigenvalue weighted by atomic mass is 19.4. The first-order valence-electron chi connectivity index (χ1n) is 9.00. The van der Waals surface area contributed by atoms with E-state index in [2.05, 4.69) is 10.6 Å². The van der Waals surface area contributed by atoms with E-state index in [-0.39, 0.29) is 31.6 Å². The van der Waals surface area contributed by atoms with Gasteiger partial charge in [-0.1, -0.05) is 12.1 Å². The standard InChI is InChI=1S/C20H20F3N3O3/c1-2-24-19(28)25-16-6-7-17-14(9-16)11-26(18(27)12-29-17)10-13-4-3-5-15(8-13)20(21,22)23/h3-9H,2,10-12H2,1H3,(H2,24,25,28). The topological polar surface area (TPSA) is 70.7 Å². The summed E-state index contributed by atoms with van der Waals surface area (Å²) in [6.45, 7) is 2.21. The van der Waals surface area contributed by atoms with Gasteiger partial charge in [0, 0.05) is 30.9 Å². The molecule has 1 aliphatic heterocycles. The third-order valence-corrected chi connectivity index (χ3v) is 4.35. The third kappa shape index (κ3) is 5.18. The van der Waals surface area contributed by atoms with Crippen molar-refractivity contribution in [2.24, 2.45) is 0 Å². The molecule has 0 aliphatic carbocycles. The van der Waals surface area contributed by atoms with E-state index >= 15 is 0 Å². The van der Waals surface area contributed by atoms with Gasteiger partial charge in [-0.15, -0.1) is 0 Å². The molecule has 0 unspecified atom stereocenters. The van der Waals surface area contributed by atoms with Gasteiger partial charge in [-0.3, -0.25) is 4.79 Å². The molecule has 0 bridgehead atoms. The first kappa shape index (κ1) is 20.5. The van der Waals surface area contributed by atoms with Crippen molar-refractivity contribution in [3.8, 4) is 5.75 Å². The number of anilines is 1. The molecule has 2 N–H and O–H groups in total. The molecule has 1 aliphatic rings. The van der Waals surface area contributed by atoms with Crippen LogP contribution in [-0.2, 0) is 24.1 Å². The fourth-order valence-electron chi connectivity index (χ4n) is 2.99. The number of ether oxygens (including phenoxy) is 1. The van der Waals surface area contributed by atoms with Crippen LogP contribution in [0, 0.1) is 0 Å². The molecule has 0 saturated heterocycles. The smallest absolute Gasteiger partial charge is 0.416 e. The summed E-state index contributed by atoms with van der Waals surface area (Å²) in [5.74, 6) is 0.156. The Hall–Kier alpha value is -3.23. The van der Waals surface area contributed by atoms with Crippen LogP contribution in [0.5, 0.6) is 5.75 Å². The van der Waals surface area contributed by atoms with Crippen LogP contribution in [-0.4, -0.2) is 30.0 Å². The molecule has 0 fully saturated rings. The van der Waals surface area contributed by atoms with Crippen LogP contribution in [0.1, 0.15) is 23.6 Å². The number of hydrogen-bond donors (Lipinski definition) is 2. The second-order valence-corrected chi connectivity index (χ2v) is 6.54. The van der Waals surface area contributed by atoms with E-state index in [1.807, 2.05) is 0 Å². The Kier molecular flexibility index (Phi) is 5.95. The minimum atomic E-state index is -4.45. The molecule has 3 amide bonds. The lowest BCUT2D eigenvalue weighted by molar-refractivity contribution is -0.137. The maximum atomic E-state index is 12.9. The number of halogens is 3. The minimum absolute atomic E-state index is 0.0134. The monoisotopic (exact) mass is 407 g/mol. The van der Waals surface area contributed by atoms with Crippen LogP contribution >= 0.6 is 0 Å². The summed E-state index contributed by atoms with van der Waals surface area (Å²) >= 11 is 0. The van der Waals surface area contributed by atoms with Crippen LogP contribution in [0.15, 0.2) is 42.5 Å². The van der Waals surface area contributed by atoms with E-state index in [0.29, 0.717) is 29.1 Å². The van der Waals surface area contributed by atoms with Gasteiger partial charge in [0.2, 0.25) is 0 Å². The molecular weight excluding hydrogens is 387 g/mol. The molecule has 3 rings (SSSR count). The van der Waals surface area contributed by atoms with Gasteiger partial charge in [-0.25, -0.2) is 4.79 Å². The summed E-state index contributed by atoms with van der Waals surface area (Å²) in [5, 5.41) is 5.29. The number of hydrogen-bond acceptors (Lipinski definition) is 3. The van der Waals surface area contributed by atoms with Crippen LogP contribution in [0.2, 0.25) is 0 Å². The van der Waals surface area contributed by atoms with Crippen molar-refractivity contribution in [1.29, 1.82) is 0 Å². The second-order valence-electron chi connectivity index (χ2n) is 6.54. The summed E-state index contributed by atoms with van der Waals surface area (Å²) in [4.78, 5) is 25.6. The van der Waals surface area contributed by atoms with Crippen molar-refractivity contribution in [3.05, 3.63) is 59.2 Å². The summed E-state index contributed by atoms with van der Waals surface area (Å²) in [6.07, 6.45) is -4.45. The Morgan fingerprint density at radius 3 is 2.72 bits per heavy atom. The van der Waals surface area contributed by atoms with Gasteiger partial charge in [-0.2, -0.15) is 13.2 Å². The van der Waals surface area contributed by atoms with Crippen LogP contribution in [0.4, 0.5) is 23.7 Å². The SMILES string of the molecule is CCNC(=O)Nc1ccc2c(c1)CN(Cc1cccc(C(F)(F)F)c1)C(=O)CO2. The van der Waals surface area contributed by atoms with Gasteiger partial charge in [0.15, 0.2) is 6.61 Å². The van der Waals surface area contributed by atoms with Crippen molar-refractivity contribution in [2.75, 3.05) is 18.5 Å². The van der Waals surface area contributed by atoms with E-state index in [9.17, 15) is 22.8 Å². The number of nitrogens with zero attached hydrogens (tertiary/aromatic N) is 1. The third-order valence-electron chi connectivity index (χ3n) is 4.35. The fraction of sp³-hybridized carbons (Fsp3) is 0.300.